The Kier molecular flexibility index (Phi) is 2.94. The van der Waals surface area contributed by atoms with Crippen LogP contribution in [0, 0.1) is 12.7 Å². The topological polar surface area (TPSA) is 62.4 Å². The summed E-state index contributed by atoms with van der Waals surface area (Å²) in [5.74, 6) is 0.176. The molecule has 1 aromatic carbocycles. The van der Waals surface area contributed by atoms with Crippen LogP contribution in [0.2, 0.25) is 0 Å². The predicted molar refractivity (Wildman–Crippen MR) is 66.1 cm³/mol. The smallest absolute Gasteiger partial charge is 0.318 e. The number of hydrogen-bond donors (Lipinski definition) is 1. The number of aliphatic hydroxyl groups excluding tert-OH is 1. The Morgan fingerprint density at radius 3 is 2.95 bits per heavy atom. The van der Waals surface area contributed by atoms with Crippen molar-refractivity contribution < 1.29 is 13.9 Å². The van der Waals surface area contributed by atoms with Crippen molar-refractivity contribution in [1.82, 2.24) is 10.2 Å². The first-order valence-electron chi connectivity index (χ1n) is 6.14. The molecular formula is C13H14FN3O2. The highest BCUT2D eigenvalue weighted by Crippen LogP contribution is 2.35. The van der Waals surface area contributed by atoms with Crippen LogP contribution >= 0.6 is 0 Å². The third-order valence-electron chi connectivity index (χ3n) is 3.27. The Hall–Kier alpha value is -1.95. The normalized spacial score (nSPS) is 23.0. The second kappa shape index (κ2) is 4.62. The Balaban J connectivity index is 1.94. The molecule has 5 nitrogen and oxygen atoms in total. The number of hydrogen-bond acceptors (Lipinski definition) is 5. The van der Waals surface area contributed by atoms with E-state index >= 15 is 0 Å². The van der Waals surface area contributed by atoms with Crippen LogP contribution in [0.3, 0.4) is 0 Å². The summed E-state index contributed by atoms with van der Waals surface area (Å²) in [5.41, 5.74) is 0.799. The third kappa shape index (κ3) is 2.31. The Bertz CT molecular complexity index is 587. The van der Waals surface area contributed by atoms with E-state index < -0.39 is 6.10 Å². The number of β-amino-alcohol motifs (C(OH)–C–C–N with tert-alkyl or cyclic N) is 1. The van der Waals surface area contributed by atoms with Gasteiger partial charge in [0.2, 0.25) is 5.89 Å². The van der Waals surface area contributed by atoms with Crippen LogP contribution in [0.5, 0.6) is 0 Å². The van der Waals surface area contributed by atoms with Gasteiger partial charge in [0, 0.05) is 13.5 Å². The van der Waals surface area contributed by atoms with Gasteiger partial charge in [0.05, 0.1) is 12.1 Å². The molecule has 0 radical (unpaired) electrons. The molecule has 1 saturated heterocycles. The van der Waals surface area contributed by atoms with Crippen molar-refractivity contribution in [2.75, 3.05) is 11.4 Å². The summed E-state index contributed by atoms with van der Waals surface area (Å²) in [6, 6.07) is 6.58. The Labute approximate surface area is 109 Å². The molecule has 0 amide bonds. The van der Waals surface area contributed by atoms with Crippen molar-refractivity contribution in [1.29, 1.82) is 0 Å². The van der Waals surface area contributed by atoms with E-state index in [4.69, 9.17) is 4.42 Å². The monoisotopic (exact) mass is 263 g/mol. The number of nitrogens with zero attached hydrogens (tertiary/aromatic N) is 3. The maximum Gasteiger partial charge on any atom is 0.318 e. The van der Waals surface area contributed by atoms with Crippen LogP contribution in [0.4, 0.5) is 10.4 Å². The first kappa shape index (κ1) is 12.1. The number of aromatic nitrogens is 2. The van der Waals surface area contributed by atoms with E-state index in [0.29, 0.717) is 24.9 Å². The minimum absolute atomic E-state index is 0.148. The van der Waals surface area contributed by atoms with Crippen LogP contribution in [-0.4, -0.2) is 28.0 Å². The van der Waals surface area contributed by atoms with Gasteiger partial charge in [-0.15, -0.1) is 5.10 Å². The molecule has 0 unspecified atom stereocenters. The molecule has 100 valence electrons. The fourth-order valence-corrected chi connectivity index (χ4v) is 2.46. The molecule has 2 atom stereocenters. The predicted octanol–water partition coefficient (Wildman–Crippen LogP) is 1.83. The van der Waals surface area contributed by atoms with Gasteiger partial charge < -0.3 is 14.4 Å². The molecule has 0 spiro atoms. The molecule has 1 aliphatic rings. The van der Waals surface area contributed by atoms with Crippen molar-refractivity contribution >= 4 is 6.01 Å². The molecule has 2 aromatic rings. The van der Waals surface area contributed by atoms with Gasteiger partial charge in [0.1, 0.15) is 5.82 Å². The van der Waals surface area contributed by atoms with E-state index in [2.05, 4.69) is 10.2 Å². The van der Waals surface area contributed by atoms with E-state index in [9.17, 15) is 9.50 Å². The summed E-state index contributed by atoms with van der Waals surface area (Å²) in [4.78, 5) is 1.82. The van der Waals surface area contributed by atoms with Crippen LogP contribution in [0.25, 0.3) is 0 Å². The van der Waals surface area contributed by atoms with Gasteiger partial charge in [0.25, 0.3) is 0 Å². The molecule has 1 N–H and O–H groups in total. The Morgan fingerprint density at radius 1 is 1.42 bits per heavy atom. The molecule has 0 aliphatic carbocycles. The molecule has 1 aliphatic heterocycles. The fraction of sp³-hybridized carbons (Fsp3) is 0.385. The number of anilines is 1. The first-order valence-corrected chi connectivity index (χ1v) is 6.14. The van der Waals surface area contributed by atoms with E-state index in [1.165, 1.54) is 12.1 Å². The molecule has 19 heavy (non-hydrogen) atoms. The number of aryl methyl sites for hydroxylation is 1. The van der Waals surface area contributed by atoms with Gasteiger partial charge in [-0.25, -0.2) is 4.39 Å². The van der Waals surface area contributed by atoms with E-state index in [0.717, 1.165) is 5.56 Å². The van der Waals surface area contributed by atoms with Crippen molar-refractivity contribution in [2.24, 2.45) is 0 Å². The minimum Gasteiger partial charge on any atom is -0.408 e. The van der Waals surface area contributed by atoms with E-state index in [1.807, 2.05) is 11.0 Å². The van der Waals surface area contributed by atoms with Crippen LogP contribution < -0.4 is 4.90 Å². The zero-order valence-corrected chi connectivity index (χ0v) is 10.5. The summed E-state index contributed by atoms with van der Waals surface area (Å²) >= 11 is 0. The second-order valence-electron chi connectivity index (χ2n) is 4.72. The molecule has 1 aromatic heterocycles. The van der Waals surface area contributed by atoms with Gasteiger partial charge in [-0.1, -0.05) is 17.2 Å². The summed E-state index contributed by atoms with van der Waals surface area (Å²) in [6.45, 7) is 2.11. The largest absolute Gasteiger partial charge is 0.408 e. The average molecular weight is 263 g/mol. The lowest BCUT2D eigenvalue weighted by molar-refractivity contribution is 0.194. The Morgan fingerprint density at radius 2 is 2.26 bits per heavy atom. The van der Waals surface area contributed by atoms with Gasteiger partial charge in [-0.3, -0.25) is 0 Å². The molecule has 0 bridgehead atoms. The standard InChI is InChI=1S/C13H14FN3O2/c1-8-15-16-13(19-8)17-7-11(18)6-12(17)9-3-2-4-10(14)5-9/h2-5,11-12,18H,6-7H2,1H3/t11-,12-/m0/s1. The summed E-state index contributed by atoms with van der Waals surface area (Å²) in [7, 11) is 0. The van der Waals surface area contributed by atoms with Crippen LogP contribution in [0.1, 0.15) is 23.9 Å². The SMILES string of the molecule is Cc1nnc(N2C[C@@H](O)C[C@H]2c2cccc(F)c2)o1. The lowest BCUT2D eigenvalue weighted by Crippen LogP contribution is -2.24. The molecule has 1 fully saturated rings. The van der Waals surface area contributed by atoms with Gasteiger partial charge in [0.15, 0.2) is 0 Å². The minimum atomic E-state index is -0.486. The highest BCUT2D eigenvalue weighted by molar-refractivity contribution is 5.36. The van der Waals surface area contributed by atoms with E-state index in [-0.39, 0.29) is 11.9 Å². The van der Waals surface area contributed by atoms with Gasteiger partial charge in [-0.2, -0.15) is 0 Å². The summed E-state index contributed by atoms with van der Waals surface area (Å²) < 4.78 is 18.7. The van der Waals surface area contributed by atoms with Crippen molar-refractivity contribution in [3.63, 3.8) is 0 Å². The maximum absolute atomic E-state index is 13.3. The fourth-order valence-electron chi connectivity index (χ4n) is 2.46. The molecule has 2 heterocycles. The molecule has 0 saturated carbocycles. The molecular weight excluding hydrogens is 249 g/mol. The number of rotatable bonds is 2. The molecule has 3 rings (SSSR count). The lowest BCUT2D eigenvalue weighted by Gasteiger charge is -2.22. The van der Waals surface area contributed by atoms with Crippen LogP contribution in [0.15, 0.2) is 28.7 Å². The van der Waals surface area contributed by atoms with Crippen molar-refractivity contribution in [3.05, 3.63) is 41.5 Å². The molecule has 6 heteroatoms. The van der Waals surface area contributed by atoms with E-state index in [1.54, 1.807) is 13.0 Å². The maximum atomic E-state index is 13.3. The number of benzene rings is 1. The number of halogens is 1. The lowest BCUT2D eigenvalue weighted by atomic mass is 10.0. The third-order valence-corrected chi connectivity index (χ3v) is 3.27. The zero-order valence-electron chi connectivity index (χ0n) is 10.5. The summed E-state index contributed by atoms with van der Waals surface area (Å²) in [5, 5.41) is 17.6. The zero-order chi connectivity index (χ0) is 13.4. The highest BCUT2D eigenvalue weighted by Gasteiger charge is 2.35. The van der Waals surface area contributed by atoms with Gasteiger partial charge >= 0.3 is 6.01 Å². The van der Waals surface area contributed by atoms with Crippen molar-refractivity contribution in [3.8, 4) is 0 Å². The highest BCUT2D eigenvalue weighted by atomic mass is 19.1. The van der Waals surface area contributed by atoms with Gasteiger partial charge in [-0.05, 0) is 24.1 Å². The number of aliphatic hydroxyl groups is 1. The first-order chi connectivity index (χ1) is 9.13. The summed E-state index contributed by atoms with van der Waals surface area (Å²) in [6.07, 6.45) is 0.0331. The quantitative estimate of drug-likeness (QED) is 0.895. The second-order valence-corrected chi connectivity index (χ2v) is 4.72. The van der Waals surface area contributed by atoms with Crippen molar-refractivity contribution in [2.45, 2.75) is 25.5 Å². The van der Waals surface area contributed by atoms with Crippen LogP contribution in [-0.2, 0) is 0 Å². The average Bonchev–Trinajstić information content (AvgIpc) is 2.95.